The van der Waals surface area contributed by atoms with Gasteiger partial charge in [-0.25, -0.2) is 0 Å². The van der Waals surface area contributed by atoms with Gasteiger partial charge in [-0.05, 0) is 18.9 Å². The van der Waals surface area contributed by atoms with E-state index in [4.69, 9.17) is 5.73 Å². The van der Waals surface area contributed by atoms with Crippen molar-refractivity contribution in [3.05, 3.63) is 17.5 Å². The molecule has 0 aromatic carbocycles. The van der Waals surface area contributed by atoms with Crippen molar-refractivity contribution in [2.75, 3.05) is 0 Å². The normalized spacial score (nSPS) is 10.5. The molecule has 1 aromatic rings. The van der Waals surface area contributed by atoms with Crippen LogP contribution in [0.5, 0.6) is 0 Å². The lowest BCUT2D eigenvalue weighted by Gasteiger charge is -1.94. The minimum Gasteiger partial charge on any atom is -0.325 e. The summed E-state index contributed by atoms with van der Waals surface area (Å²) >= 11 is 0. The first-order chi connectivity index (χ1) is 5.27. The first kappa shape index (κ1) is 8.27. The Labute approximate surface area is 67.2 Å². The van der Waals surface area contributed by atoms with Gasteiger partial charge in [-0.1, -0.05) is 6.92 Å². The molecule has 0 aliphatic heterocycles. The van der Waals surface area contributed by atoms with Gasteiger partial charge in [0.1, 0.15) is 0 Å². The van der Waals surface area contributed by atoms with Crippen LogP contribution >= 0.6 is 0 Å². The van der Waals surface area contributed by atoms with Gasteiger partial charge in [-0.15, -0.1) is 0 Å². The topological polar surface area (TPSA) is 43.8 Å². The number of nitrogens with zero attached hydrogens (tertiary/aromatic N) is 2. The zero-order valence-electron chi connectivity index (χ0n) is 7.17. The average Bonchev–Trinajstić information content (AvgIpc) is 2.32. The van der Waals surface area contributed by atoms with Gasteiger partial charge in [-0.2, -0.15) is 5.10 Å². The first-order valence-electron chi connectivity index (χ1n) is 4.01. The highest BCUT2D eigenvalue weighted by Crippen LogP contribution is 2.03. The van der Waals surface area contributed by atoms with Gasteiger partial charge in [0.15, 0.2) is 0 Å². The third-order valence-corrected chi connectivity index (χ3v) is 1.69. The Bertz CT molecular complexity index is 227. The Balaban J connectivity index is 2.77. The Morgan fingerprint density at radius 3 is 2.82 bits per heavy atom. The molecule has 0 unspecified atom stereocenters. The van der Waals surface area contributed by atoms with Crippen LogP contribution in [0.15, 0.2) is 6.20 Å². The van der Waals surface area contributed by atoms with Crippen LogP contribution in [0, 0.1) is 6.92 Å². The molecule has 0 amide bonds. The van der Waals surface area contributed by atoms with Gasteiger partial charge < -0.3 is 5.73 Å². The molecule has 0 spiro atoms. The van der Waals surface area contributed by atoms with E-state index in [1.165, 1.54) is 5.56 Å². The van der Waals surface area contributed by atoms with Crippen molar-refractivity contribution in [1.82, 2.24) is 9.78 Å². The highest BCUT2D eigenvalue weighted by atomic mass is 15.3. The minimum absolute atomic E-state index is 0.544. The Morgan fingerprint density at radius 1 is 1.64 bits per heavy atom. The maximum Gasteiger partial charge on any atom is 0.0789 e. The number of aromatic nitrogens is 2. The van der Waals surface area contributed by atoms with Crippen LogP contribution in [0.3, 0.4) is 0 Å². The summed E-state index contributed by atoms with van der Waals surface area (Å²) in [5.74, 6) is 0. The van der Waals surface area contributed by atoms with Crippen LogP contribution in [0.4, 0.5) is 0 Å². The zero-order valence-corrected chi connectivity index (χ0v) is 7.17. The Morgan fingerprint density at radius 2 is 2.36 bits per heavy atom. The number of aryl methyl sites for hydroxylation is 2. The van der Waals surface area contributed by atoms with Crippen LogP contribution < -0.4 is 5.73 Å². The second kappa shape index (κ2) is 3.53. The smallest absolute Gasteiger partial charge is 0.0789 e. The summed E-state index contributed by atoms with van der Waals surface area (Å²) < 4.78 is 1.96. The summed E-state index contributed by atoms with van der Waals surface area (Å²) in [6.45, 7) is 5.71. The lowest BCUT2D eigenvalue weighted by Crippen LogP contribution is -2.01. The van der Waals surface area contributed by atoms with Crippen molar-refractivity contribution in [3.63, 3.8) is 0 Å². The van der Waals surface area contributed by atoms with Crippen molar-refractivity contribution in [2.24, 2.45) is 5.73 Å². The molecule has 0 radical (unpaired) electrons. The average molecular weight is 153 g/mol. The molecule has 11 heavy (non-hydrogen) atoms. The van der Waals surface area contributed by atoms with E-state index in [0.29, 0.717) is 6.54 Å². The monoisotopic (exact) mass is 153 g/mol. The predicted octanol–water partition coefficient (Wildman–Crippen LogP) is 1.06. The summed E-state index contributed by atoms with van der Waals surface area (Å²) in [5, 5.41) is 4.31. The zero-order chi connectivity index (χ0) is 8.27. The van der Waals surface area contributed by atoms with Gasteiger partial charge >= 0.3 is 0 Å². The molecule has 1 aromatic heterocycles. The second-order valence-corrected chi connectivity index (χ2v) is 2.73. The van der Waals surface area contributed by atoms with Crippen LogP contribution in [-0.4, -0.2) is 9.78 Å². The summed E-state index contributed by atoms with van der Waals surface area (Å²) in [7, 11) is 0. The van der Waals surface area contributed by atoms with E-state index < -0.39 is 0 Å². The van der Waals surface area contributed by atoms with Crippen molar-refractivity contribution in [2.45, 2.75) is 33.4 Å². The summed E-state index contributed by atoms with van der Waals surface area (Å²) in [6.07, 6.45) is 3.16. The van der Waals surface area contributed by atoms with E-state index in [2.05, 4.69) is 12.0 Å². The second-order valence-electron chi connectivity index (χ2n) is 2.73. The molecule has 0 aliphatic rings. The third-order valence-electron chi connectivity index (χ3n) is 1.69. The van der Waals surface area contributed by atoms with Crippen LogP contribution in [0.1, 0.15) is 24.6 Å². The van der Waals surface area contributed by atoms with Crippen molar-refractivity contribution < 1.29 is 0 Å². The predicted molar refractivity (Wildman–Crippen MR) is 45.1 cm³/mol. The van der Waals surface area contributed by atoms with Crippen molar-refractivity contribution >= 4 is 0 Å². The quantitative estimate of drug-likeness (QED) is 0.705. The molecule has 0 aliphatic carbocycles. The fourth-order valence-electron chi connectivity index (χ4n) is 1.11. The molecule has 3 nitrogen and oxygen atoms in total. The number of nitrogens with two attached hydrogens (primary N) is 1. The van der Waals surface area contributed by atoms with E-state index in [0.717, 1.165) is 18.7 Å². The highest BCUT2D eigenvalue weighted by molar-refractivity contribution is 5.13. The Kier molecular flexibility index (Phi) is 2.65. The molecule has 0 bridgehead atoms. The lowest BCUT2D eigenvalue weighted by atomic mass is 10.3. The number of hydrogen-bond acceptors (Lipinski definition) is 2. The Hall–Kier alpha value is -0.830. The van der Waals surface area contributed by atoms with E-state index in [1.807, 2.05) is 17.8 Å². The first-order valence-corrected chi connectivity index (χ1v) is 4.01. The molecule has 0 atom stereocenters. The molecule has 0 saturated carbocycles. The van der Waals surface area contributed by atoms with E-state index in [9.17, 15) is 0 Å². The van der Waals surface area contributed by atoms with Gasteiger partial charge in [-0.3, -0.25) is 4.68 Å². The summed E-state index contributed by atoms with van der Waals surface area (Å²) in [6, 6.07) is 0. The van der Waals surface area contributed by atoms with E-state index in [-0.39, 0.29) is 0 Å². The highest BCUT2D eigenvalue weighted by Gasteiger charge is 2.00. The van der Waals surface area contributed by atoms with Crippen LogP contribution in [0.2, 0.25) is 0 Å². The van der Waals surface area contributed by atoms with Gasteiger partial charge in [0.25, 0.3) is 0 Å². The van der Waals surface area contributed by atoms with Crippen molar-refractivity contribution in [3.8, 4) is 0 Å². The molecule has 62 valence electrons. The molecule has 3 heteroatoms. The van der Waals surface area contributed by atoms with Crippen molar-refractivity contribution in [1.29, 1.82) is 0 Å². The van der Waals surface area contributed by atoms with Gasteiger partial charge in [0.2, 0.25) is 0 Å². The third kappa shape index (κ3) is 1.80. The molecule has 1 rings (SSSR count). The maximum absolute atomic E-state index is 5.48. The molecule has 2 N–H and O–H groups in total. The lowest BCUT2D eigenvalue weighted by molar-refractivity contribution is 0.594. The van der Waals surface area contributed by atoms with Crippen LogP contribution in [-0.2, 0) is 13.1 Å². The molecule has 0 saturated heterocycles. The largest absolute Gasteiger partial charge is 0.325 e. The molecule has 1 heterocycles. The summed E-state index contributed by atoms with van der Waals surface area (Å²) in [5.41, 5.74) is 7.69. The van der Waals surface area contributed by atoms with Crippen LogP contribution in [0.25, 0.3) is 0 Å². The number of hydrogen-bond donors (Lipinski definition) is 1. The molecular weight excluding hydrogens is 138 g/mol. The van der Waals surface area contributed by atoms with E-state index >= 15 is 0 Å². The maximum atomic E-state index is 5.48. The van der Waals surface area contributed by atoms with Gasteiger partial charge in [0.05, 0.1) is 5.69 Å². The fourth-order valence-corrected chi connectivity index (χ4v) is 1.11. The molecule has 0 fully saturated rings. The summed E-state index contributed by atoms with van der Waals surface area (Å²) in [4.78, 5) is 0. The van der Waals surface area contributed by atoms with Gasteiger partial charge in [0, 0.05) is 19.3 Å². The SMILES string of the molecule is CCCn1cc(C)c(CN)n1. The minimum atomic E-state index is 0.544. The standard InChI is InChI=1S/C8H15N3/c1-3-4-11-6-7(2)8(5-9)10-11/h6H,3-5,9H2,1-2H3. The molecular formula is C8H15N3. The number of rotatable bonds is 3. The van der Waals surface area contributed by atoms with E-state index in [1.54, 1.807) is 0 Å². The fraction of sp³-hybridized carbons (Fsp3) is 0.625.